The van der Waals surface area contributed by atoms with Crippen molar-refractivity contribution in [1.29, 1.82) is 0 Å². The van der Waals surface area contributed by atoms with Gasteiger partial charge in [-0.3, -0.25) is 0 Å². The van der Waals surface area contributed by atoms with Gasteiger partial charge in [0.05, 0.1) is 6.10 Å². The molecule has 4 nitrogen and oxygen atoms in total. The summed E-state index contributed by atoms with van der Waals surface area (Å²) in [5.41, 5.74) is 0. The Morgan fingerprint density at radius 3 is 2.80 bits per heavy atom. The summed E-state index contributed by atoms with van der Waals surface area (Å²) >= 11 is 5.28. The Morgan fingerprint density at radius 1 is 1.60 bits per heavy atom. The Bertz CT molecular complexity index is 223. The van der Waals surface area contributed by atoms with Crippen LogP contribution in [0.2, 0.25) is 0 Å². The first-order valence-corrected chi connectivity index (χ1v) is 5.82. The molecular formula is C10H21N3OS. The van der Waals surface area contributed by atoms with Crippen LogP contribution in [0, 0.1) is 0 Å². The van der Waals surface area contributed by atoms with Gasteiger partial charge in [0.1, 0.15) is 0 Å². The maximum atomic E-state index is 9.65. The smallest absolute Gasteiger partial charge is 0.169 e. The summed E-state index contributed by atoms with van der Waals surface area (Å²) in [5.74, 6) is 0. The second-order valence-electron chi connectivity index (χ2n) is 4.29. The Hall–Kier alpha value is -0.390. The minimum absolute atomic E-state index is 0.244. The molecule has 0 aromatic rings. The van der Waals surface area contributed by atoms with Crippen molar-refractivity contribution < 1.29 is 5.11 Å². The van der Waals surface area contributed by atoms with E-state index in [0.717, 1.165) is 24.6 Å². The van der Waals surface area contributed by atoms with E-state index in [-0.39, 0.29) is 6.10 Å². The van der Waals surface area contributed by atoms with Crippen LogP contribution in [0.15, 0.2) is 0 Å². The lowest BCUT2D eigenvalue weighted by Crippen LogP contribution is -2.46. The molecule has 0 spiro atoms. The van der Waals surface area contributed by atoms with Gasteiger partial charge in [-0.25, -0.2) is 0 Å². The molecule has 1 rings (SSSR count). The average Bonchev–Trinajstić information content (AvgIpc) is 2.46. The largest absolute Gasteiger partial charge is 0.391 e. The predicted octanol–water partition coefficient (Wildman–Crippen LogP) is -0.122. The van der Waals surface area contributed by atoms with Gasteiger partial charge in [0.15, 0.2) is 5.11 Å². The first kappa shape index (κ1) is 12.7. The molecule has 0 saturated carbocycles. The van der Waals surface area contributed by atoms with Crippen LogP contribution in [0.25, 0.3) is 0 Å². The van der Waals surface area contributed by atoms with Crippen molar-refractivity contribution in [2.45, 2.75) is 25.5 Å². The van der Waals surface area contributed by atoms with Gasteiger partial charge in [-0.1, -0.05) is 0 Å². The first-order valence-electron chi connectivity index (χ1n) is 5.41. The fourth-order valence-electron chi connectivity index (χ4n) is 1.99. The highest BCUT2D eigenvalue weighted by Gasteiger charge is 2.32. The van der Waals surface area contributed by atoms with Crippen molar-refractivity contribution in [1.82, 2.24) is 15.1 Å². The number of nitrogens with one attached hydrogen (secondary N) is 1. The van der Waals surface area contributed by atoms with E-state index in [0.29, 0.717) is 12.6 Å². The van der Waals surface area contributed by atoms with Gasteiger partial charge < -0.3 is 20.2 Å². The van der Waals surface area contributed by atoms with Crippen LogP contribution in [0.5, 0.6) is 0 Å². The van der Waals surface area contributed by atoms with E-state index < -0.39 is 0 Å². The zero-order chi connectivity index (χ0) is 11.4. The molecular weight excluding hydrogens is 210 g/mol. The number of likely N-dealkylation sites (N-methyl/N-ethyl adjacent to an activating group) is 1. The summed E-state index contributed by atoms with van der Waals surface area (Å²) in [5, 5.41) is 13.6. The topological polar surface area (TPSA) is 38.7 Å². The number of hydrogen-bond acceptors (Lipinski definition) is 3. The average molecular weight is 231 g/mol. The molecule has 0 radical (unpaired) electrons. The molecule has 0 aromatic heterocycles. The van der Waals surface area contributed by atoms with Gasteiger partial charge in [0, 0.05) is 25.7 Å². The normalized spacial score (nSPS) is 26.1. The number of β-amino-alcohol motifs (C(OH)–C–C–N with tert-alkyl or cyclic N) is 1. The highest BCUT2D eigenvalue weighted by Crippen LogP contribution is 2.18. The summed E-state index contributed by atoms with van der Waals surface area (Å²) in [6.45, 7) is 4.45. The third kappa shape index (κ3) is 3.59. The highest BCUT2D eigenvalue weighted by atomic mass is 32.1. The number of nitrogens with zero attached hydrogens (tertiary/aromatic N) is 2. The zero-order valence-electron chi connectivity index (χ0n) is 9.73. The van der Waals surface area contributed by atoms with E-state index in [9.17, 15) is 5.11 Å². The fraction of sp³-hybridized carbons (Fsp3) is 0.900. The third-order valence-corrected chi connectivity index (χ3v) is 2.94. The molecule has 2 N–H and O–H groups in total. The van der Waals surface area contributed by atoms with Gasteiger partial charge in [-0.2, -0.15) is 0 Å². The second kappa shape index (κ2) is 5.63. The van der Waals surface area contributed by atoms with Crippen molar-refractivity contribution >= 4 is 17.3 Å². The van der Waals surface area contributed by atoms with E-state index in [1.807, 2.05) is 21.0 Å². The van der Waals surface area contributed by atoms with Crippen molar-refractivity contribution in [2.24, 2.45) is 0 Å². The summed E-state index contributed by atoms with van der Waals surface area (Å²) < 4.78 is 0. The Morgan fingerprint density at radius 2 is 2.27 bits per heavy atom. The van der Waals surface area contributed by atoms with Crippen molar-refractivity contribution in [3.05, 3.63) is 0 Å². The van der Waals surface area contributed by atoms with E-state index in [1.165, 1.54) is 0 Å². The Balaban J connectivity index is 2.56. The molecule has 1 aliphatic heterocycles. The van der Waals surface area contributed by atoms with Gasteiger partial charge >= 0.3 is 0 Å². The summed E-state index contributed by atoms with van der Waals surface area (Å²) in [6, 6.07) is 0.335. The number of thiocarbonyl (C=S) groups is 1. The van der Waals surface area contributed by atoms with E-state index in [1.54, 1.807) is 0 Å². The summed E-state index contributed by atoms with van der Waals surface area (Å²) in [6.07, 6.45) is 0.565. The molecule has 88 valence electrons. The standard InChI is InChI=1S/C10H21N3OS/c1-4-11-10(15)13-7-9(14)5-8(13)6-12(2)3/h8-9,14H,4-7H2,1-3H3,(H,11,15). The third-order valence-electron chi connectivity index (χ3n) is 2.56. The van der Waals surface area contributed by atoms with Crippen LogP contribution in [0.3, 0.4) is 0 Å². The molecule has 5 heteroatoms. The molecule has 0 bridgehead atoms. The summed E-state index contributed by atoms with van der Waals surface area (Å²) in [4.78, 5) is 4.23. The molecule has 2 unspecified atom stereocenters. The van der Waals surface area contributed by atoms with E-state index >= 15 is 0 Å². The minimum atomic E-state index is -0.244. The van der Waals surface area contributed by atoms with Crippen LogP contribution in [0.4, 0.5) is 0 Å². The Labute approximate surface area is 97.2 Å². The van der Waals surface area contributed by atoms with Crippen molar-refractivity contribution in [3.63, 3.8) is 0 Å². The minimum Gasteiger partial charge on any atom is -0.391 e. The van der Waals surface area contributed by atoms with Crippen LogP contribution < -0.4 is 5.32 Å². The molecule has 1 saturated heterocycles. The number of likely N-dealkylation sites (tertiary alicyclic amines) is 1. The summed E-state index contributed by atoms with van der Waals surface area (Å²) in [7, 11) is 4.08. The van der Waals surface area contributed by atoms with E-state index in [4.69, 9.17) is 12.2 Å². The quantitative estimate of drug-likeness (QED) is 0.663. The molecule has 1 fully saturated rings. The van der Waals surface area contributed by atoms with Gasteiger partial charge in [-0.15, -0.1) is 0 Å². The van der Waals surface area contributed by atoms with Crippen LogP contribution in [0.1, 0.15) is 13.3 Å². The molecule has 2 atom stereocenters. The molecule has 15 heavy (non-hydrogen) atoms. The van der Waals surface area contributed by atoms with E-state index in [2.05, 4.69) is 15.1 Å². The van der Waals surface area contributed by atoms with Crippen LogP contribution >= 0.6 is 12.2 Å². The lowest BCUT2D eigenvalue weighted by Gasteiger charge is -2.29. The van der Waals surface area contributed by atoms with Crippen molar-refractivity contribution in [2.75, 3.05) is 33.7 Å². The zero-order valence-corrected chi connectivity index (χ0v) is 10.5. The fourth-order valence-corrected chi connectivity index (χ4v) is 2.36. The molecule has 0 aliphatic carbocycles. The maximum Gasteiger partial charge on any atom is 0.169 e. The van der Waals surface area contributed by atoms with Crippen LogP contribution in [-0.2, 0) is 0 Å². The highest BCUT2D eigenvalue weighted by molar-refractivity contribution is 7.80. The first-order chi connectivity index (χ1) is 7.04. The van der Waals surface area contributed by atoms with Gasteiger partial charge in [0.2, 0.25) is 0 Å². The predicted molar refractivity (Wildman–Crippen MR) is 65.9 cm³/mol. The number of aliphatic hydroxyl groups excluding tert-OH is 1. The molecule has 1 heterocycles. The number of hydrogen-bond donors (Lipinski definition) is 2. The van der Waals surface area contributed by atoms with Crippen molar-refractivity contribution in [3.8, 4) is 0 Å². The van der Waals surface area contributed by atoms with Crippen LogP contribution in [-0.4, -0.2) is 65.9 Å². The lowest BCUT2D eigenvalue weighted by atomic mass is 10.2. The SMILES string of the molecule is CCNC(=S)N1CC(O)CC1CN(C)C. The maximum absolute atomic E-state index is 9.65. The second-order valence-corrected chi connectivity index (χ2v) is 4.68. The van der Waals surface area contributed by atoms with Gasteiger partial charge in [-0.05, 0) is 39.7 Å². The molecule has 1 aliphatic rings. The number of rotatable bonds is 3. The monoisotopic (exact) mass is 231 g/mol. The Kier molecular flexibility index (Phi) is 4.76. The lowest BCUT2D eigenvalue weighted by molar-refractivity contribution is 0.187. The molecule has 0 amide bonds. The van der Waals surface area contributed by atoms with Gasteiger partial charge in [0.25, 0.3) is 0 Å². The number of aliphatic hydroxyl groups is 1. The molecule has 0 aromatic carbocycles.